The number of nitrogens with zero attached hydrogens (tertiary/aromatic N) is 2. The number of halogens is 1. The zero-order chi connectivity index (χ0) is 12.0. The first-order chi connectivity index (χ1) is 7.59. The first-order valence-corrected chi connectivity index (χ1v) is 5.57. The first kappa shape index (κ1) is 13.0. The number of nitrogens with one attached hydrogen (secondary N) is 1. The molecule has 0 bridgehead atoms. The van der Waals surface area contributed by atoms with Crippen LogP contribution in [0.15, 0.2) is 6.20 Å². The lowest BCUT2D eigenvalue weighted by atomic mass is 10.2. The second-order valence-corrected chi connectivity index (χ2v) is 4.18. The minimum Gasteiger partial charge on any atom is -0.394 e. The molecule has 1 aromatic heterocycles. The Kier molecular flexibility index (Phi) is 5.28. The maximum Gasteiger partial charge on any atom is 0.224 e. The van der Waals surface area contributed by atoms with Crippen LogP contribution in [0.5, 0.6) is 0 Å². The summed E-state index contributed by atoms with van der Waals surface area (Å²) in [5.74, 6) is 1.09. The minimum atomic E-state index is 0.180. The van der Waals surface area contributed by atoms with Crippen LogP contribution < -0.4 is 11.1 Å². The lowest BCUT2D eigenvalue weighted by Crippen LogP contribution is -2.14. The van der Waals surface area contributed by atoms with E-state index in [1.54, 1.807) is 0 Å². The van der Waals surface area contributed by atoms with E-state index in [0.29, 0.717) is 30.6 Å². The van der Waals surface area contributed by atoms with Crippen LogP contribution in [0.4, 0.5) is 11.5 Å². The average molecular weight is 245 g/mol. The van der Waals surface area contributed by atoms with E-state index in [1.807, 2.05) is 0 Å². The van der Waals surface area contributed by atoms with Crippen molar-refractivity contribution in [3.63, 3.8) is 0 Å². The number of ether oxygens (including phenoxy) is 1. The number of nitrogen functional groups attached to an aromatic ring is 1. The number of hydrogen-bond donors (Lipinski definition) is 2. The summed E-state index contributed by atoms with van der Waals surface area (Å²) in [7, 11) is 0. The van der Waals surface area contributed by atoms with Gasteiger partial charge in [-0.3, -0.25) is 0 Å². The van der Waals surface area contributed by atoms with Crippen molar-refractivity contribution < 1.29 is 4.74 Å². The number of nitrogens with two attached hydrogens (primary N) is 1. The second kappa shape index (κ2) is 6.50. The van der Waals surface area contributed by atoms with Crippen LogP contribution in [0.25, 0.3) is 0 Å². The van der Waals surface area contributed by atoms with Crippen molar-refractivity contribution in [2.45, 2.75) is 13.8 Å². The molecule has 6 heteroatoms. The van der Waals surface area contributed by atoms with Crippen molar-refractivity contribution in [1.29, 1.82) is 0 Å². The first-order valence-electron chi connectivity index (χ1n) is 5.19. The summed E-state index contributed by atoms with van der Waals surface area (Å²) < 4.78 is 5.41. The molecule has 0 aliphatic heterocycles. The van der Waals surface area contributed by atoms with E-state index in [1.165, 1.54) is 6.20 Å². The topological polar surface area (TPSA) is 73.1 Å². The highest BCUT2D eigenvalue weighted by molar-refractivity contribution is 6.28. The fourth-order valence-electron chi connectivity index (χ4n) is 1.07. The van der Waals surface area contributed by atoms with E-state index in [2.05, 4.69) is 29.1 Å². The molecule has 1 aromatic rings. The van der Waals surface area contributed by atoms with Gasteiger partial charge < -0.3 is 15.8 Å². The lowest BCUT2D eigenvalue weighted by molar-refractivity contribution is 0.118. The molecular formula is C10H17ClN4O. The van der Waals surface area contributed by atoms with E-state index < -0.39 is 0 Å². The van der Waals surface area contributed by atoms with Gasteiger partial charge in [0.05, 0.1) is 18.5 Å². The van der Waals surface area contributed by atoms with Crippen molar-refractivity contribution in [2.24, 2.45) is 5.92 Å². The van der Waals surface area contributed by atoms with Gasteiger partial charge in [-0.1, -0.05) is 13.8 Å². The Morgan fingerprint density at radius 3 is 3.00 bits per heavy atom. The Balaban J connectivity index is 2.29. The van der Waals surface area contributed by atoms with E-state index >= 15 is 0 Å². The fourth-order valence-corrected chi connectivity index (χ4v) is 1.21. The highest BCUT2D eigenvalue weighted by Gasteiger charge is 2.02. The van der Waals surface area contributed by atoms with E-state index in [9.17, 15) is 0 Å². The quantitative estimate of drug-likeness (QED) is 0.590. The van der Waals surface area contributed by atoms with Gasteiger partial charge in [0, 0.05) is 13.2 Å². The highest BCUT2D eigenvalue weighted by atomic mass is 35.5. The Morgan fingerprint density at radius 2 is 2.31 bits per heavy atom. The molecule has 1 heterocycles. The normalized spacial score (nSPS) is 10.8. The van der Waals surface area contributed by atoms with Gasteiger partial charge >= 0.3 is 0 Å². The lowest BCUT2D eigenvalue weighted by Gasteiger charge is -2.09. The third kappa shape index (κ3) is 4.63. The van der Waals surface area contributed by atoms with Crippen LogP contribution in [0, 0.1) is 5.92 Å². The van der Waals surface area contributed by atoms with Crippen LogP contribution >= 0.6 is 11.6 Å². The van der Waals surface area contributed by atoms with Gasteiger partial charge in [-0.25, -0.2) is 4.98 Å². The number of hydrogen-bond acceptors (Lipinski definition) is 5. The van der Waals surface area contributed by atoms with Crippen LogP contribution in [-0.2, 0) is 4.74 Å². The number of aromatic nitrogens is 2. The molecule has 5 nitrogen and oxygen atoms in total. The van der Waals surface area contributed by atoms with E-state index in [4.69, 9.17) is 22.1 Å². The van der Waals surface area contributed by atoms with Gasteiger partial charge in [0.15, 0.2) is 5.82 Å². The third-order valence-corrected chi connectivity index (χ3v) is 1.96. The molecule has 0 spiro atoms. The Bertz CT molecular complexity index is 333. The van der Waals surface area contributed by atoms with Gasteiger partial charge in [0.25, 0.3) is 0 Å². The molecule has 0 amide bonds. The largest absolute Gasteiger partial charge is 0.394 e. The summed E-state index contributed by atoms with van der Waals surface area (Å²) in [6.07, 6.45) is 1.48. The second-order valence-electron chi connectivity index (χ2n) is 3.84. The van der Waals surface area contributed by atoms with Crippen molar-refractivity contribution in [3.8, 4) is 0 Å². The average Bonchev–Trinajstić information content (AvgIpc) is 2.22. The van der Waals surface area contributed by atoms with Crippen LogP contribution in [0.2, 0.25) is 5.28 Å². The molecule has 0 radical (unpaired) electrons. The Hall–Kier alpha value is -1.07. The molecule has 0 fully saturated rings. The molecule has 16 heavy (non-hydrogen) atoms. The summed E-state index contributed by atoms with van der Waals surface area (Å²) in [5, 5.41) is 3.22. The predicted molar refractivity (Wildman–Crippen MR) is 65.6 cm³/mol. The minimum absolute atomic E-state index is 0.180. The Morgan fingerprint density at radius 1 is 1.56 bits per heavy atom. The number of anilines is 2. The SMILES string of the molecule is CC(C)COCCNc1nc(Cl)ncc1N. The van der Waals surface area contributed by atoms with Gasteiger partial charge in [-0.05, 0) is 17.5 Å². The smallest absolute Gasteiger partial charge is 0.224 e. The molecule has 0 saturated carbocycles. The van der Waals surface area contributed by atoms with Gasteiger partial charge in [-0.2, -0.15) is 4.98 Å². The summed E-state index contributed by atoms with van der Waals surface area (Å²) in [5.41, 5.74) is 6.15. The van der Waals surface area contributed by atoms with Crippen LogP contribution in [0.3, 0.4) is 0 Å². The molecule has 90 valence electrons. The molecular weight excluding hydrogens is 228 g/mol. The zero-order valence-corrected chi connectivity index (χ0v) is 10.3. The van der Waals surface area contributed by atoms with Crippen molar-refractivity contribution >= 4 is 23.1 Å². The monoisotopic (exact) mass is 244 g/mol. The molecule has 1 rings (SSSR count). The molecule has 3 N–H and O–H groups in total. The highest BCUT2D eigenvalue weighted by Crippen LogP contribution is 2.15. The van der Waals surface area contributed by atoms with Gasteiger partial charge in [-0.15, -0.1) is 0 Å². The van der Waals surface area contributed by atoms with Crippen molar-refractivity contribution in [3.05, 3.63) is 11.5 Å². The van der Waals surface area contributed by atoms with E-state index in [-0.39, 0.29) is 5.28 Å². The Labute approximate surface area is 100 Å². The predicted octanol–water partition coefficient (Wildman–Crippen LogP) is 1.80. The maximum absolute atomic E-state index is 5.67. The molecule has 0 atom stereocenters. The summed E-state index contributed by atoms with van der Waals surface area (Å²) in [6.45, 7) is 6.22. The van der Waals surface area contributed by atoms with E-state index in [0.717, 1.165) is 6.61 Å². The number of rotatable bonds is 6. The summed E-state index contributed by atoms with van der Waals surface area (Å²) >= 11 is 5.65. The molecule has 0 saturated heterocycles. The molecule has 0 aromatic carbocycles. The standard InChI is InChI=1S/C10H17ClN4O/c1-7(2)6-16-4-3-13-9-8(12)5-14-10(11)15-9/h5,7H,3-4,6,12H2,1-2H3,(H,13,14,15). The van der Waals surface area contributed by atoms with Crippen LogP contribution in [0.1, 0.15) is 13.8 Å². The maximum atomic E-state index is 5.67. The summed E-state index contributed by atoms with van der Waals surface area (Å²) in [4.78, 5) is 7.73. The zero-order valence-electron chi connectivity index (χ0n) is 9.53. The van der Waals surface area contributed by atoms with Crippen LogP contribution in [-0.4, -0.2) is 29.7 Å². The van der Waals surface area contributed by atoms with Crippen molar-refractivity contribution in [1.82, 2.24) is 9.97 Å². The molecule has 0 aliphatic rings. The molecule has 0 aliphatic carbocycles. The third-order valence-electron chi connectivity index (χ3n) is 1.78. The summed E-state index contributed by atoms with van der Waals surface area (Å²) in [6, 6.07) is 0. The van der Waals surface area contributed by atoms with Gasteiger partial charge in [0.2, 0.25) is 5.28 Å². The fraction of sp³-hybridized carbons (Fsp3) is 0.600. The molecule has 0 unspecified atom stereocenters. The van der Waals surface area contributed by atoms with Gasteiger partial charge in [0.1, 0.15) is 0 Å². The van der Waals surface area contributed by atoms with Crippen molar-refractivity contribution in [2.75, 3.05) is 30.8 Å².